The minimum Gasteiger partial charge on any atom is -0.494 e. The molecule has 0 saturated heterocycles. The summed E-state index contributed by atoms with van der Waals surface area (Å²) in [4.78, 5) is 38.1. The number of carboxylic acid groups (broad SMARTS) is 1. The summed E-state index contributed by atoms with van der Waals surface area (Å²) in [6.07, 6.45) is 0. The number of thiophene rings is 2. The quantitative estimate of drug-likeness (QED) is 0.0932. The first-order valence-electron chi connectivity index (χ1n) is 15.0. The lowest BCUT2D eigenvalue weighted by molar-refractivity contribution is -0.139. The Bertz CT molecular complexity index is 1830. The van der Waals surface area contributed by atoms with Gasteiger partial charge in [-0.15, -0.1) is 22.7 Å². The average molecular weight is 667 g/mol. The van der Waals surface area contributed by atoms with Crippen molar-refractivity contribution in [2.75, 3.05) is 19.8 Å². The molecule has 5 rings (SSSR count). The molecule has 0 amide bonds. The smallest absolute Gasteiger partial charge is 0.341 e. The van der Waals surface area contributed by atoms with Crippen molar-refractivity contribution in [1.29, 1.82) is 0 Å². The Kier molecular flexibility index (Phi) is 10.7. The molecule has 2 aromatic heterocycles. The molecule has 1 N–H and O–H groups in total. The van der Waals surface area contributed by atoms with E-state index in [-0.39, 0.29) is 18.2 Å². The maximum atomic E-state index is 11.9. The Balaban J connectivity index is 1.50. The third kappa shape index (κ3) is 8.24. The van der Waals surface area contributed by atoms with E-state index in [0.717, 1.165) is 52.9 Å². The van der Waals surface area contributed by atoms with Gasteiger partial charge in [-0.3, -0.25) is 9.59 Å². The van der Waals surface area contributed by atoms with Crippen molar-refractivity contribution in [3.05, 3.63) is 123 Å². The highest BCUT2D eigenvalue weighted by Crippen LogP contribution is 2.35. The number of benzene rings is 3. The summed E-state index contributed by atoms with van der Waals surface area (Å²) in [5, 5.41) is 8.95. The van der Waals surface area contributed by atoms with Gasteiger partial charge in [0.1, 0.15) is 23.9 Å². The first-order chi connectivity index (χ1) is 22.6. The number of carbonyl (C=O) groups is 3. The van der Waals surface area contributed by atoms with Gasteiger partial charge in [0.05, 0.1) is 16.4 Å². The molecule has 0 aliphatic carbocycles. The normalized spacial score (nSPS) is 10.7. The molecule has 0 aliphatic heterocycles. The minimum absolute atomic E-state index is 0.0468. The molecule has 0 saturated carbocycles. The summed E-state index contributed by atoms with van der Waals surface area (Å²) in [5.74, 6) is 0.754. The number of aryl methyl sites for hydroxylation is 1. The third-order valence-corrected chi connectivity index (χ3v) is 9.76. The number of hydrogen-bond donors (Lipinski definition) is 1. The lowest BCUT2D eigenvalue weighted by atomic mass is 9.94. The molecule has 0 fully saturated rings. The van der Waals surface area contributed by atoms with E-state index in [1.165, 1.54) is 22.7 Å². The molecule has 2 heterocycles. The number of hydrogen-bond acceptors (Lipinski definition) is 8. The van der Waals surface area contributed by atoms with Gasteiger partial charge in [-0.1, -0.05) is 48.5 Å². The summed E-state index contributed by atoms with van der Waals surface area (Å²) in [7, 11) is 0. The SMILES string of the molecule is CCOC(COc1ccc(OCC(=O)O)c(C)c1)=C(c1ccc(-c2ccc(C(C)=O)s2)cc1)c1ccc(-c2ccc(C(C)=O)s2)cc1. The first-order valence-corrected chi connectivity index (χ1v) is 16.6. The van der Waals surface area contributed by atoms with Crippen LogP contribution in [0.15, 0.2) is 96.8 Å². The van der Waals surface area contributed by atoms with Crippen LogP contribution in [0.25, 0.3) is 26.5 Å². The molecular formula is C38H34O7S2. The van der Waals surface area contributed by atoms with Crippen LogP contribution in [-0.4, -0.2) is 42.5 Å². The van der Waals surface area contributed by atoms with Crippen molar-refractivity contribution in [2.45, 2.75) is 27.7 Å². The van der Waals surface area contributed by atoms with Gasteiger partial charge < -0.3 is 19.3 Å². The molecule has 0 spiro atoms. The molecule has 5 aromatic rings. The van der Waals surface area contributed by atoms with Crippen LogP contribution in [0.3, 0.4) is 0 Å². The highest BCUT2D eigenvalue weighted by Gasteiger charge is 2.17. The predicted octanol–water partition coefficient (Wildman–Crippen LogP) is 9.20. The number of carbonyl (C=O) groups excluding carboxylic acids is 2. The van der Waals surface area contributed by atoms with Crippen molar-refractivity contribution < 1.29 is 33.7 Å². The van der Waals surface area contributed by atoms with Crippen LogP contribution < -0.4 is 9.47 Å². The van der Waals surface area contributed by atoms with Crippen molar-refractivity contribution in [3.8, 4) is 32.4 Å². The van der Waals surface area contributed by atoms with Crippen molar-refractivity contribution in [1.82, 2.24) is 0 Å². The molecule has 240 valence electrons. The van der Waals surface area contributed by atoms with E-state index in [4.69, 9.17) is 19.3 Å². The fraction of sp³-hybridized carbons (Fsp3) is 0.184. The Morgan fingerprint density at radius 1 is 0.681 bits per heavy atom. The molecule has 0 atom stereocenters. The van der Waals surface area contributed by atoms with Crippen LogP contribution in [-0.2, 0) is 9.53 Å². The van der Waals surface area contributed by atoms with E-state index in [2.05, 4.69) is 0 Å². The third-order valence-electron chi connectivity index (χ3n) is 7.29. The summed E-state index contributed by atoms with van der Waals surface area (Å²) >= 11 is 2.94. The largest absolute Gasteiger partial charge is 0.494 e. The second-order valence-corrected chi connectivity index (χ2v) is 12.9. The number of Topliss-reactive ketones (excluding diaryl/α,β-unsaturated/α-hetero) is 2. The number of carboxylic acids is 1. The van der Waals surface area contributed by atoms with Crippen LogP contribution in [0.4, 0.5) is 0 Å². The second kappa shape index (κ2) is 15.1. The van der Waals surface area contributed by atoms with Crippen molar-refractivity contribution >= 4 is 45.8 Å². The average Bonchev–Trinajstić information content (AvgIpc) is 3.76. The van der Waals surface area contributed by atoms with E-state index >= 15 is 0 Å². The second-order valence-electron chi connectivity index (χ2n) is 10.7. The fourth-order valence-corrected chi connectivity index (χ4v) is 6.79. The van der Waals surface area contributed by atoms with Gasteiger partial charge in [0.25, 0.3) is 0 Å². The van der Waals surface area contributed by atoms with E-state index in [0.29, 0.717) is 23.9 Å². The molecule has 0 aliphatic rings. The van der Waals surface area contributed by atoms with E-state index in [9.17, 15) is 14.4 Å². The molecule has 47 heavy (non-hydrogen) atoms. The highest BCUT2D eigenvalue weighted by atomic mass is 32.1. The monoisotopic (exact) mass is 666 g/mol. The Morgan fingerprint density at radius 2 is 1.21 bits per heavy atom. The van der Waals surface area contributed by atoms with Crippen LogP contribution in [0.2, 0.25) is 0 Å². The molecule has 0 radical (unpaired) electrons. The molecule has 3 aromatic carbocycles. The first kappa shape index (κ1) is 33.4. The van der Waals surface area contributed by atoms with Crippen LogP contribution in [0, 0.1) is 6.92 Å². The Labute approximate surface area is 281 Å². The Morgan fingerprint density at radius 3 is 1.64 bits per heavy atom. The van der Waals surface area contributed by atoms with Crippen LogP contribution in [0.1, 0.15) is 56.8 Å². The van der Waals surface area contributed by atoms with Gasteiger partial charge in [0, 0.05) is 15.3 Å². The molecule has 0 bridgehead atoms. The number of rotatable bonds is 14. The van der Waals surface area contributed by atoms with E-state index in [1.54, 1.807) is 32.0 Å². The topological polar surface area (TPSA) is 99.1 Å². The van der Waals surface area contributed by atoms with Crippen LogP contribution in [0.5, 0.6) is 11.5 Å². The van der Waals surface area contributed by atoms with E-state index in [1.807, 2.05) is 86.6 Å². The lowest BCUT2D eigenvalue weighted by Gasteiger charge is -2.18. The Hall–Kier alpha value is -4.99. The number of ether oxygens (including phenoxy) is 3. The maximum Gasteiger partial charge on any atom is 0.341 e. The summed E-state index contributed by atoms with van der Waals surface area (Å²) in [6.45, 7) is 7.04. The van der Waals surface area contributed by atoms with Gasteiger partial charge in [-0.05, 0) is 98.0 Å². The van der Waals surface area contributed by atoms with Crippen molar-refractivity contribution in [2.24, 2.45) is 0 Å². The predicted molar refractivity (Wildman–Crippen MR) is 187 cm³/mol. The van der Waals surface area contributed by atoms with Gasteiger partial charge >= 0.3 is 5.97 Å². The van der Waals surface area contributed by atoms with Crippen LogP contribution >= 0.6 is 22.7 Å². The maximum absolute atomic E-state index is 11.9. The van der Waals surface area contributed by atoms with E-state index < -0.39 is 12.6 Å². The molecule has 9 heteroatoms. The van der Waals surface area contributed by atoms with Gasteiger partial charge in [0.15, 0.2) is 18.2 Å². The van der Waals surface area contributed by atoms with Gasteiger partial charge in [-0.2, -0.15) is 0 Å². The summed E-state index contributed by atoms with van der Waals surface area (Å²) < 4.78 is 17.8. The molecular weight excluding hydrogens is 633 g/mol. The summed E-state index contributed by atoms with van der Waals surface area (Å²) in [6, 6.07) is 29.2. The molecule has 0 unspecified atom stereocenters. The number of aliphatic carboxylic acids is 1. The zero-order valence-electron chi connectivity index (χ0n) is 26.5. The fourth-order valence-electron chi connectivity index (χ4n) is 4.98. The highest BCUT2D eigenvalue weighted by molar-refractivity contribution is 7.17. The lowest BCUT2D eigenvalue weighted by Crippen LogP contribution is -2.11. The zero-order chi connectivity index (χ0) is 33.5. The summed E-state index contributed by atoms with van der Waals surface area (Å²) in [5.41, 5.74) is 5.50. The standard InChI is InChI=1S/C38H34O7S2/c1-5-43-32(21-44-30-14-15-31(23(2)20-30)45-22-37(41)42)38(28-10-6-26(7-11-28)35-18-16-33(46-35)24(3)39)29-12-8-27(9-13-29)36-19-17-34(47-36)25(4)40/h6-20H,5,21-22H2,1-4H3,(H,41,42). The minimum atomic E-state index is -1.04. The molecule has 7 nitrogen and oxygen atoms in total. The van der Waals surface area contributed by atoms with Gasteiger partial charge in [-0.25, -0.2) is 4.79 Å². The zero-order valence-corrected chi connectivity index (χ0v) is 28.1. The van der Waals surface area contributed by atoms with Crippen molar-refractivity contribution in [3.63, 3.8) is 0 Å². The number of ketones is 2. The van der Waals surface area contributed by atoms with Gasteiger partial charge in [0.2, 0.25) is 0 Å².